The van der Waals surface area contributed by atoms with Gasteiger partial charge in [0.05, 0.1) is 44.5 Å². The molecule has 0 aliphatic carbocycles. The van der Waals surface area contributed by atoms with Gasteiger partial charge >= 0.3 is 47.8 Å². The average Bonchev–Trinajstić information content (AvgIpc) is 3.81. The fraction of sp³-hybridized carbons (Fsp3) is 0.186. The normalized spacial score (nSPS) is 15.9. The molecule has 26 heteroatoms. The Bertz CT molecular complexity index is 3290. The van der Waals surface area contributed by atoms with E-state index in [9.17, 15) is 43.5 Å². The molecular formula is C59H48N8O18. The summed E-state index contributed by atoms with van der Waals surface area (Å²) in [6.07, 6.45) is 17.3. The van der Waals surface area contributed by atoms with Gasteiger partial charge in [0.15, 0.2) is 12.2 Å². The third-order valence-corrected chi connectivity index (χ3v) is 11.9. The zero-order valence-corrected chi connectivity index (χ0v) is 44.4. The van der Waals surface area contributed by atoms with Crippen LogP contribution in [0.3, 0.4) is 0 Å². The van der Waals surface area contributed by atoms with E-state index in [0.717, 1.165) is 0 Å². The van der Waals surface area contributed by atoms with E-state index in [1.165, 1.54) is 172 Å². The SMILES string of the molecule is O=C(OCC(COC(=O)c1cccnc1)(COC(=O)c1cccnc1)COC(=O)c1cccnc1)c1cccnc1.O=C(OC[C@H]1O[C@](O)(COC(=O)c2cccnc2)[C@@H](OC(=O)c2cccnc2)[C@@H]1OC(=O)c1cccnc1)c1cccnc1. The molecule has 0 unspecified atom stereocenters. The van der Waals surface area contributed by atoms with Crippen LogP contribution in [0.1, 0.15) is 82.9 Å². The minimum Gasteiger partial charge on any atom is -0.461 e. The molecule has 9 heterocycles. The number of ether oxygens (including phenoxy) is 9. The van der Waals surface area contributed by atoms with Gasteiger partial charge in [0.1, 0.15) is 51.2 Å². The molecule has 0 amide bonds. The molecule has 1 fully saturated rings. The summed E-state index contributed by atoms with van der Waals surface area (Å²) in [6.45, 7) is -3.27. The highest BCUT2D eigenvalue weighted by Crippen LogP contribution is 2.36. The lowest BCUT2D eigenvalue weighted by molar-refractivity contribution is -0.247. The van der Waals surface area contributed by atoms with Crippen molar-refractivity contribution in [2.24, 2.45) is 5.41 Å². The van der Waals surface area contributed by atoms with Crippen LogP contribution >= 0.6 is 0 Å². The van der Waals surface area contributed by atoms with Gasteiger partial charge in [-0.05, 0) is 97.1 Å². The Kier molecular flexibility index (Phi) is 20.9. The molecule has 0 aromatic carbocycles. The molecular weight excluding hydrogens is 1110 g/mol. The lowest BCUT2D eigenvalue weighted by Crippen LogP contribution is -2.51. The van der Waals surface area contributed by atoms with Gasteiger partial charge in [-0.15, -0.1) is 0 Å². The minimum absolute atomic E-state index is 0.00555. The van der Waals surface area contributed by atoms with Crippen molar-refractivity contribution in [3.8, 4) is 0 Å². The Balaban J connectivity index is 0.000000222. The molecule has 1 N–H and O–H groups in total. The Hall–Kier alpha value is -11.1. The highest BCUT2D eigenvalue weighted by atomic mass is 16.7. The number of hydrogen-bond donors (Lipinski definition) is 1. The van der Waals surface area contributed by atoms with Crippen molar-refractivity contribution in [2.75, 3.05) is 39.6 Å². The van der Waals surface area contributed by atoms with E-state index in [4.69, 9.17) is 42.6 Å². The first-order chi connectivity index (χ1) is 41.3. The zero-order chi connectivity index (χ0) is 59.9. The van der Waals surface area contributed by atoms with Gasteiger partial charge < -0.3 is 47.7 Å². The summed E-state index contributed by atoms with van der Waals surface area (Å²) in [4.78, 5) is 134. The Morgan fingerprint density at radius 2 is 0.635 bits per heavy atom. The van der Waals surface area contributed by atoms with Gasteiger partial charge in [-0.25, -0.2) is 38.4 Å². The van der Waals surface area contributed by atoms with Crippen molar-refractivity contribution in [1.82, 2.24) is 39.9 Å². The maximum Gasteiger partial charge on any atom is 0.340 e. The molecule has 432 valence electrons. The van der Waals surface area contributed by atoms with Gasteiger partial charge in [0.25, 0.3) is 0 Å². The predicted molar refractivity (Wildman–Crippen MR) is 286 cm³/mol. The number of nitrogens with zero attached hydrogens (tertiary/aromatic N) is 8. The molecule has 85 heavy (non-hydrogen) atoms. The van der Waals surface area contributed by atoms with Gasteiger partial charge in [0.2, 0.25) is 5.79 Å². The van der Waals surface area contributed by atoms with E-state index in [2.05, 4.69) is 39.9 Å². The van der Waals surface area contributed by atoms with Crippen LogP contribution in [0.15, 0.2) is 196 Å². The number of carbonyl (C=O) groups is 8. The van der Waals surface area contributed by atoms with E-state index in [-0.39, 0.29) is 44.5 Å². The fourth-order valence-corrected chi connectivity index (χ4v) is 7.58. The number of rotatable bonds is 22. The lowest BCUT2D eigenvalue weighted by Gasteiger charge is -2.31. The van der Waals surface area contributed by atoms with Gasteiger partial charge in [0, 0.05) is 99.1 Å². The summed E-state index contributed by atoms with van der Waals surface area (Å²) in [5.41, 5.74) is -0.635. The van der Waals surface area contributed by atoms with Crippen LogP contribution in [-0.4, -0.2) is 156 Å². The minimum atomic E-state index is -2.57. The van der Waals surface area contributed by atoms with Crippen LogP contribution in [0.25, 0.3) is 0 Å². The van der Waals surface area contributed by atoms with Gasteiger partial charge in [-0.3, -0.25) is 39.9 Å². The number of aliphatic hydroxyl groups is 1. The summed E-state index contributed by atoms with van der Waals surface area (Å²) in [5, 5.41) is 11.7. The fourth-order valence-electron chi connectivity index (χ4n) is 7.58. The van der Waals surface area contributed by atoms with Crippen molar-refractivity contribution in [3.63, 3.8) is 0 Å². The van der Waals surface area contributed by atoms with E-state index >= 15 is 0 Å². The third-order valence-electron chi connectivity index (χ3n) is 11.9. The van der Waals surface area contributed by atoms with Crippen LogP contribution in [0, 0.1) is 5.41 Å². The standard InChI is InChI=1S/C30H24N4O10.C29H24N4O8/c35-26(19-5-1-9-31-13-19)40-17-23-24(42-28(37)21-7-3-11-33-15-21)25(43-29(38)22-8-4-12-34-16-22)30(39,44-23)18-41-27(36)20-6-2-10-32-14-20;34-25(21-5-1-9-30-13-21)38-17-29(18-39-26(35)22-6-2-10-31-14-22,19-40-27(36)23-7-3-11-32-15-23)20-41-28(37)24-8-4-12-33-16-24/h1-16,23-25,39H,17-18H2;1-16H,17-20H2/t23-,24-,25+,30-;/m1./s1. The quantitative estimate of drug-likeness (QED) is 0.0703. The second-order valence-electron chi connectivity index (χ2n) is 18.1. The molecule has 4 atom stereocenters. The predicted octanol–water partition coefficient (Wildman–Crippen LogP) is 4.80. The monoisotopic (exact) mass is 1160 g/mol. The highest BCUT2D eigenvalue weighted by molar-refractivity contribution is 5.92. The van der Waals surface area contributed by atoms with E-state index in [1.54, 1.807) is 24.3 Å². The molecule has 0 saturated carbocycles. The Morgan fingerprint density at radius 1 is 0.376 bits per heavy atom. The first-order valence-corrected chi connectivity index (χ1v) is 25.3. The number of aromatic nitrogens is 8. The zero-order valence-electron chi connectivity index (χ0n) is 44.4. The summed E-state index contributed by atoms with van der Waals surface area (Å²) < 4.78 is 49.8. The van der Waals surface area contributed by atoms with Crippen molar-refractivity contribution < 1.29 is 86.1 Å². The first-order valence-electron chi connectivity index (χ1n) is 25.3. The molecule has 0 radical (unpaired) electrons. The second kappa shape index (κ2) is 29.6. The van der Waals surface area contributed by atoms with E-state index in [1.807, 2.05) is 0 Å². The number of pyridine rings is 8. The van der Waals surface area contributed by atoms with Crippen LogP contribution in [0.5, 0.6) is 0 Å². The lowest BCUT2D eigenvalue weighted by atomic mass is 9.92. The summed E-state index contributed by atoms with van der Waals surface area (Å²) >= 11 is 0. The van der Waals surface area contributed by atoms with Crippen LogP contribution in [0.4, 0.5) is 0 Å². The second-order valence-corrected chi connectivity index (χ2v) is 18.1. The van der Waals surface area contributed by atoms with Gasteiger partial charge in [-0.2, -0.15) is 0 Å². The van der Waals surface area contributed by atoms with E-state index < -0.39 is 117 Å². The number of hydrogen-bond acceptors (Lipinski definition) is 26. The smallest absolute Gasteiger partial charge is 0.340 e. The summed E-state index contributed by atoms with van der Waals surface area (Å²) in [7, 11) is 0. The molecule has 1 aliphatic rings. The maximum atomic E-state index is 13.1. The molecule has 9 rings (SSSR count). The Labute approximate surface area is 482 Å². The Morgan fingerprint density at radius 3 is 0.918 bits per heavy atom. The van der Waals surface area contributed by atoms with Crippen molar-refractivity contribution in [1.29, 1.82) is 0 Å². The molecule has 1 aliphatic heterocycles. The van der Waals surface area contributed by atoms with Gasteiger partial charge in [-0.1, -0.05) is 0 Å². The number of esters is 8. The van der Waals surface area contributed by atoms with Crippen molar-refractivity contribution in [2.45, 2.75) is 24.1 Å². The van der Waals surface area contributed by atoms with Crippen molar-refractivity contribution >= 4 is 47.8 Å². The first kappa shape index (κ1) is 60.0. The highest BCUT2D eigenvalue weighted by Gasteiger charge is 2.60. The molecule has 8 aromatic rings. The van der Waals surface area contributed by atoms with Crippen LogP contribution in [0.2, 0.25) is 0 Å². The molecule has 26 nitrogen and oxygen atoms in total. The molecule has 1 saturated heterocycles. The largest absolute Gasteiger partial charge is 0.461 e. The molecule has 0 spiro atoms. The summed E-state index contributed by atoms with van der Waals surface area (Å²) in [5.74, 6) is -9.05. The van der Waals surface area contributed by atoms with Crippen LogP contribution < -0.4 is 0 Å². The topological polar surface area (TPSA) is 343 Å². The van der Waals surface area contributed by atoms with Crippen molar-refractivity contribution in [3.05, 3.63) is 241 Å². The maximum absolute atomic E-state index is 13.1. The summed E-state index contributed by atoms with van der Waals surface area (Å²) in [6, 6.07) is 24.0. The molecule has 8 aromatic heterocycles. The number of carbonyl (C=O) groups excluding carboxylic acids is 8. The van der Waals surface area contributed by atoms with E-state index in [0.29, 0.717) is 0 Å². The van der Waals surface area contributed by atoms with Crippen LogP contribution in [-0.2, 0) is 42.6 Å². The average molecular weight is 1160 g/mol. The molecule has 0 bridgehead atoms. The third kappa shape index (κ3) is 17.0.